The molecule has 2 unspecified atom stereocenters. The highest BCUT2D eigenvalue weighted by Gasteiger charge is 2.43. The molecule has 6 aromatic rings. The molecule has 0 saturated heterocycles. The number of ketones is 2. The first-order valence-electron chi connectivity index (χ1n) is 31.4. The number of pyridine rings is 2. The summed E-state index contributed by atoms with van der Waals surface area (Å²) in [6.07, 6.45) is -9.83. The number of hydrogen-bond donors (Lipinski definition) is 1. The SMILES string of the molecule is C.CCOC(=O)C[C@H](CC(=O)C(CC(C)C)n1cc(CCN(C)C)c(C)cc1=O)c1c(F)c(-c2c(C)ccc(F)c2C)cc(C(F)(F)F)c1F.Cc1cc(=O)n(C(CC(C)C)C(=O)C[C@@H](CC(=O)O)c2c(F)c(-c3c(C)ccc(F)c3C)cc(C(F)(F)F)c2F)cc1CCN(C)C.S.S. The fourth-order valence-electron chi connectivity index (χ4n) is 12.0. The molecule has 0 aliphatic rings. The number of halogens is 12. The van der Waals surface area contributed by atoms with E-state index in [4.69, 9.17) is 4.74 Å². The molecule has 26 heteroatoms. The average Bonchev–Trinajstić information content (AvgIpc) is 0.758. The van der Waals surface area contributed by atoms with Gasteiger partial charge in [-0.15, -0.1) is 0 Å². The molecule has 4 atom stereocenters. The minimum atomic E-state index is -5.34. The van der Waals surface area contributed by atoms with Crippen LogP contribution in [-0.4, -0.2) is 95.4 Å². The lowest BCUT2D eigenvalue weighted by molar-refractivity contribution is -0.144. The number of hydrogen-bond acceptors (Lipinski definition) is 9. The molecule has 0 aliphatic carbocycles. The molecule has 0 fully saturated rings. The predicted molar refractivity (Wildman–Crippen MR) is 371 cm³/mol. The number of rotatable bonds is 27. The van der Waals surface area contributed by atoms with Gasteiger partial charge < -0.3 is 28.8 Å². The zero-order valence-electron chi connectivity index (χ0n) is 57.6. The second kappa shape index (κ2) is 37.0. The van der Waals surface area contributed by atoms with Gasteiger partial charge in [0, 0.05) is 84.5 Å². The molecule has 0 aliphatic heterocycles. The zero-order chi connectivity index (χ0) is 72.5. The van der Waals surface area contributed by atoms with Crippen molar-refractivity contribution < 1.29 is 81.7 Å². The van der Waals surface area contributed by atoms with Gasteiger partial charge in [0.15, 0.2) is 11.6 Å². The quantitative estimate of drug-likeness (QED) is 0.0390. The summed E-state index contributed by atoms with van der Waals surface area (Å²) in [4.78, 5) is 83.3. The molecule has 6 rings (SSSR count). The first kappa shape index (κ1) is 87.9. The van der Waals surface area contributed by atoms with Crippen LogP contribution >= 0.6 is 27.0 Å². The van der Waals surface area contributed by atoms with E-state index < -0.39 is 165 Å². The number of alkyl halides is 6. The lowest BCUT2D eigenvalue weighted by atomic mass is 9.83. The molecule has 0 bridgehead atoms. The number of esters is 1. The fourth-order valence-corrected chi connectivity index (χ4v) is 12.0. The van der Waals surface area contributed by atoms with Gasteiger partial charge in [-0.3, -0.25) is 28.8 Å². The van der Waals surface area contributed by atoms with Crippen molar-refractivity contribution in [1.29, 1.82) is 0 Å². The van der Waals surface area contributed by atoms with Gasteiger partial charge in [-0.2, -0.15) is 53.3 Å². The average molecular weight is 1450 g/mol. The number of carbonyl (C=O) groups is 4. The van der Waals surface area contributed by atoms with Gasteiger partial charge in [0.05, 0.1) is 42.7 Å². The number of carboxylic acid groups (broad SMARTS) is 1. The van der Waals surface area contributed by atoms with Crippen LogP contribution in [0, 0.1) is 88.3 Å². The molecule has 2 aromatic heterocycles. The number of aromatic nitrogens is 2. The summed E-state index contributed by atoms with van der Waals surface area (Å²) in [5.74, 6) is -16.7. The normalized spacial score (nSPS) is 12.9. The number of likely N-dealkylation sites (N-methyl/N-ethyl adjacent to an activating group) is 2. The molecule has 0 saturated carbocycles. The molecule has 12 nitrogen and oxygen atoms in total. The number of benzene rings is 4. The Morgan fingerprint density at radius 2 is 0.869 bits per heavy atom. The monoisotopic (exact) mass is 1440 g/mol. The maximum absolute atomic E-state index is 16.6. The summed E-state index contributed by atoms with van der Waals surface area (Å²) in [7, 11) is 7.50. The Hall–Kier alpha value is -7.16. The topological polar surface area (TPSA) is 148 Å². The number of carbonyl (C=O) groups excluding carboxylic acids is 3. The molecule has 548 valence electrons. The Morgan fingerprint density at radius 3 is 1.17 bits per heavy atom. The second-order valence-electron chi connectivity index (χ2n) is 25.9. The number of nitrogens with zero attached hydrogens (tertiary/aromatic N) is 4. The number of aryl methyl sites for hydroxylation is 4. The Morgan fingerprint density at radius 1 is 0.525 bits per heavy atom. The van der Waals surface area contributed by atoms with Crippen molar-refractivity contribution >= 4 is 50.5 Å². The van der Waals surface area contributed by atoms with E-state index in [1.807, 2.05) is 51.8 Å². The Bertz CT molecular complexity index is 3980. The molecule has 99 heavy (non-hydrogen) atoms. The molecule has 0 radical (unpaired) electrons. The van der Waals surface area contributed by atoms with Crippen molar-refractivity contribution in [3.63, 3.8) is 0 Å². The van der Waals surface area contributed by atoms with Crippen LogP contribution in [-0.2, 0) is 49.1 Å². The van der Waals surface area contributed by atoms with Crippen LogP contribution in [0.1, 0.15) is 171 Å². The largest absolute Gasteiger partial charge is 0.481 e. The van der Waals surface area contributed by atoms with Crippen molar-refractivity contribution in [2.75, 3.05) is 47.9 Å². The van der Waals surface area contributed by atoms with E-state index in [0.29, 0.717) is 37.1 Å². The summed E-state index contributed by atoms with van der Waals surface area (Å²) in [6, 6.07) is 5.57. The van der Waals surface area contributed by atoms with Crippen LogP contribution in [0.3, 0.4) is 0 Å². The van der Waals surface area contributed by atoms with E-state index in [2.05, 4.69) is 0 Å². The first-order chi connectivity index (χ1) is 44.5. The second-order valence-corrected chi connectivity index (χ2v) is 25.9. The third-order valence-electron chi connectivity index (χ3n) is 16.9. The van der Waals surface area contributed by atoms with Crippen molar-refractivity contribution in [3.8, 4) is 22.3 Å². The molecular weight excluding hydrogens is 1350 g/mol. The van der Waals surface area contributed by atoms with Gasteiger partial charge in [0.2, 0.25) is 0 Å². The van der Waals surface area contributed by atoms with Crippen molar-refractivity contribution in [2.24, 2.45) is 11.8 Å². The molecular formula is C73H92F12N4O8S2. The van der Waals surface area contributed by atoms with E-state index >= 15 is 17.6 Å². The van der Waals surface area contributed by atoms with Crippen molar-refractivity contribution in [1.82, 2.24) is 18.9 Å². The minimum Gasteiger partial charge on any atom is -0.481 e. The highest BCUT2D eigenvalue weighted by atomic mass is 32.1. The Labute approximate surface area is 585 Å². The molecule has 0 spiro atoms. The lowest BCUT2D eigenvalue weighted by Crippen LogP contribution is -2.32. The first-order valence-corrected chi connectivity index (χ1v) is 31.4. The van der Waals surface area contributed by atoms with Crippen LogP contribution in [0.15, 0.2) is 70.5 Å². The predicted octanol–water partition coefficient (Wildman–Crippen LogP) is 16.9. The van der Waals surface area contributed by atoms with E-state index in [-0.39, 0.29) is 111 Å². The van der Waals surface area contributed by atoms with Crippen LogP contribution in [0.5, 0.6) is 0 Å². The fraction of sp³-hybridized carbons (Fsp3) is 0.479. The number of Topliss-reactive ketones (excluding diaryl/α,β-unsaturated/α-hetero) is 2. The minimum absolute atomic E-state index is 0. The van der Waals surface area contributed by atoms with Gasteiger partial charge in [0.1, 0.15) is 34.9 Å². The van der Waals surface area contributed by atoms with Crippen molar-refractivity contribution in [2.45, 2.75) is 171 Å². The van der Waals surface area contributed by atoms with Gasteiger partial charge in [-0.1, -0.05) is 47.3 Å². The summed E-state index contributed by atoms with van der Waals surface area (Å²) >= 11 is 0. The molecule has 2 heterocycles. The van der Waals surface area contributed by atoms with Gasteiger partial charge >= 0.3 is 24.3 Å². The molecule has 0 amide bonds. The summed E-state index contributed by atoms with van der Waals surface area (Å²) in [6.45, 7) is 18.7. The van der Waals surface area contributed by atoms with E-state index in [9.17, 15) is 69.0 Å². The summed E-state index contributed by atoms with van der Waals surface area (Å²) in [5, 5.41) is 9.71. The van der Waals surface area contributed by atoms with Crippen LogP contribution in [0.25, 0.3) is 22.3 Å². The van der Waals surface area contributed by atoms with Gasteiger partial charge in [-0.25, -0.2) is 26.3 Å². The highest BCUT2D eigenvalue weighted by Crippen LogP contribution is 2.46. The van der Waals surface area contributed by atoms with E-state index in [1.165, 1.54) is 74.2 Å². The third-order valence-corrected chi connectivity index (χ3v) is 16.9. The lowest BCUT2D eigenvalue weighted by Gasteiger charge is -2.26. The summed E-state index contributed by atoms with van der Waals surface area (Å²) < 4.78 is 187. The number of aliphatic carboxylic acids is 1. The molecule has 1 N–H and O–H groups in total. The van der Waals surface area contributed by atoms with E-state index in [0.717, 1.165) is 23.3 Å². The highest BCUT2D eigenvalue weighted by molar-refractivity contribution is 7.59. The molecule has 4 aromatic carbocycles. The van der Waals surface area contributed by atoms with Gasteiger partial charge in [-0.05, 0) is 194 Å². The number of ether oxygens (including phenoxy) is 1. The Balaban J connectivity index is 0.000000654. The van der Waals surface area contributed by atoms with Crippen molar-refractivity contribution in [3.05, 3.63) is 183 Å². The number of carboxylic acids is 1. The maximum Gasteiger partial charge on any atom is 0.419 e. The van der Waals surface area contributed by atoms with Crippen LogP contribution in [0.2, 0.25) is 0 Å². The third kappa shape index (κ3) is 22.2. The Kier molecular flexibility index (Phi) is 32.8. The summed E-state index contributed by atoms with van der Waals surface area (Å²) in [5.41, 5.74) is -6.04. The van der Waals surface area contributed by atoms with E-state index in [1.54, 1.807) is 33.9 Å². The smallest absolute Gasteiger partial charge is 0.419 e. The van der Waals surface area contributed by atoms with Gasteiger partial charge in [0.25, 0.3) is 11.1 Å². The zero-order valence-corrected chi connectivity index (χ0v) is 59.6. The van der Waals surface area contributed by atoms with Crippen LogP contribution in [0.4, 0.5) is 52.7 Å². The van der Waals surface area contributed by atoms with Crippen LogP contribution < -0.4 is 11.1 Å². The maximum atomic E-state index is 16.6. The standard InChI is InChI=1S/C37H44F6N2O4.C35H40F6N2O4.CH4.2H2S/c1-9-49-32(48)17-25(16-30(46)29(14-20(2)3)45-19-24(12-13-44(7)8)22(5)15-31(45)47)34-35(39)26(18-27(36(34)40)37(41,42)43)33-21(4)10-11-28(38)23(33)6;1-18(2)12-27(43-17-22(10-11-42(6)7)20(4)13-29(43)45)28(44)14-23(15-30(46)47)32-33(37)24(16-25(34(32)38)35(39,40)41)31-19(3)8-9-26(36)21(31)5;;;/h10-11,15,18-20,25,29H,9,12-14,16-17H2,1-8H3;8-9,13,16-18,23,27H,10-12,14-15H2,1-7H3,(H,46,47);1H4;2*1H2/t25-,29?;23-,27?;;;/m00.../s1.